The zero-order valence-corrected chi connectivity index (χ0v) is 12.8. The Morgan fingerprint density at radius 1 is 1.16 bits per heavy atom. The smallest absolute Gasteiger partial charge is 0.220 e. The van der Waals surface area contributed by atoms with Gasteiger partial charge in [-0.2, -0.15) is 0 Å². The van der Waals surface area contributed by atoms with Gasteiger partial charge in [0.2, 0.25) is 5.91 Å². The molecule has 1 amide bonds. The Hall–Kier alpha value is -0.570. The Morgan fingerprint density at radius 3 is 2.26 bits per heavy atom. The molecule has 1 fully saturated rings. The number of carbonyl (C=O) groups excluding carboxylic acids is 1. The molecule has 1 atom stereocenters. The van der Waals surface area contributed by atoms with E-state index in [4.69, 9.17) is 0 Å². The molecule has 0 aromatic rings. The first-order chi connectivity index (χ1) is 9.26. The summed E-state index contributed by atoms with van der Waals surface area (Å²) in [6, 6.07) is 1.14. The zero-order valence-electron chi connectivity index (χ0n) is 12.8. The summed E-state index contributed by atoms with van der Waals surface area (Å²) in [7, 11) is 0. The maximum Gasteiger partial charge on any atom is 0.220 e. The third kappa shape index (κ3) is 7.56. The average molecular weight is 268 g/mol. The third-order valence-corrected chi connectivity index (χ3v) is 4.05. The molecule has 0 aliphatic carbocycles. The van der Waals surface area contributed by atoms with E-state index < -0.39 is 0 Å². The van der Waals surface area contributed by atoms with Gasteiger partial charge in [-0.15, -0.1) is 0 Å². The van der Waals surface area contributed by atoms with E-state index in [-0.39, 0.29) is 5.91 Å². The second-order valence-corrected chi connectivity index (χ2v) is 5.89. The lowest BCUT2D eigenvalue weighted by molar-refractivity contribution is -0.122. The Bertz CT molecular complexity index is 223. The molecule has 112 valence electrons. The number of piperidine rings is 1. The van der Waals surface area contributed by atoms with Crippen LogP contribution in [0.2, 0.25) is 0 Å². The van der Waals surface area contributed by atoms with Crippen molar-refractivity contribution in [2.45, 2.75) is 90.1 Å². The van der Waals surface area contributed by atoms with E-state index in [0.717, 1.165) is 13.0 Å². The van der Waals surface area contributed by atoms with Crippen molar-refractivity contribution in [2.75, 3.05) is 6.54 Å². The molecule has 3 heteroatoms. The van der Waals surface area contributed by atoms with E-state index in [9.17, 15) is 4.79 Å². The first-order valence-corrected chi connectivity index (χ1v) is 8.29. The summed E-state index contributed by atoms with van der Waals surface area (Å²) < 4.78 is 0. The van der Waals surface area contributed by atoms with E-state index in [1.807, 2.05) is 0 Å². The van der Waals surface area contributed by atoms with E-state index in [2.05, 4.69) is 24.5 Å². The molecule has 0 saturated carbocycles. The van der Waals surface area contributed by atoms with E-state index in [0.29, 0.717) is 18.5 Å². The van der Waals surface area contributed by atoms with Gasteiger partial charge in [-0.3, -0.25) is 4.79 Å². The van der Waals surface area contributed by atoms with Crippen LogP contribution in [0.4, 0.5) is 0 Å². The fourth-order valence-electron chi connectivity index (χ4n) is 2.80. The number of unbranched alkanes of at least 4 members (excludes halogenated alkanes) is 4. The van der Waals surface area contributed by atoms with E-state index in [1.54, 1.807) is 0 Å². The van der Waals surface area contributed by atoms with Crippen molar-refractivity contribution in [3.8, 4) is 0 Å². The van der Waals surface area contributed by atoms with Crippen LogP contribution < -0.4 is 10.6 Å². The Labute approximate surface area is 118 Å². The summed E-state index contributed by atoms with van der Waals surface area (Å²) in [5.41, 5.74) is 0. The molecule has 3 nitrogen and oxygen atoms in total. The number of hydrogen-bond acceptors (Lipinski definition) is 2. The van der Waals surface area contributed by atoms with Crippen LogP contribution in [-0.2, 0) is 4.79 Å². The summed E-state index contributed by atoms with van der Waals surface area (Å²) in [6.07, 6.45) is 12.2. The van der Waals surface area contributed by atoms with Crippen molar-refractivity contribution in [2.24, 2.45) is 0 Å². The first-order valence-electron chi connectivity index (χ1n) is 8.29. The standard InChI is InChI=1S/C16H32N2O/c1-3-5-7-9-14(10-8-6-4-2)18-15-11-12-16(19)17-13-15/h14-15,18H,3-13H2,1-2H3,(H,17,19). The van der Waals surface area contributed by atoms with Gasteiger partial charge in [0.05, 0.1) is 0 Å². The lowest BCUT2D eigenvalue weighted by Crippen LogP contribution is -2.49. The average Bonchev–Trinajstić information content (AvgIpc) is 2.41. The second kappa shape index (κ2) is 10.2. The lowest BCUT2D eigenvalue weighted by Gasteiger charge is -2.29. The molecule has 1 aliphatic heterocycles. The van der Waals surface area contributed by atoms with Gasteiger partial charge in [-0.25, -0.2) is 0 Å². The first kappa shape index (κ1) is 16.5. The van der Waals surface area contributed by atoms with Gasteiger partial charge < -0.3 is 10.6 Å². The van der Waals surface area contributed by atoms with Crippen LogP contribution in [0, 0.1) is 0 Å². The normalized spacial score (nSPS) is 19.7. The van der Waals surface area contributed by atoms with Gasteiger partial charge in [0.1, 0.15) is 0 Å². The van der Waals surface area contributed by atoms with Crippen LogP contribution in [-0.4, -0.2) is 24.5 Å². The molecule has 1 unspecified atom stereocenters. The predicted molar refractivity (Wildman–Crippen MR) is 81.2 cm³/mol. The SMILES string of the molecule is CCCCCC(CCCCC)NC1CCC(=O)NC1. The van der Waals surface area contributed by atoms with Crippen molar-refractivity contribution in [1.82, 2.24) is 10.6 Å². The second-order valence-electron chi connectivity index (χ2n) is 5.89. The fourth-order valence-corrected chi connectivity index (χ4v) is 2.80. The molecular weight excluding hydrogens is 236 g/mol. The number of hydrogen-bond donors (Lipinski definition) is 2. The largest absolute Gasteiger partial charge is 0.355 e. The molecule has 0 radical (unpaired) electrons. The maximum atomic E-state index is 11.2. The summed E-state index contributed by atoms with van der Waals surface area (Å²) >= 11 is 0. The number of nitrogens with one attached hydrogen (secondary N) is 2. The highest BCUT2D eigenvalue weighted by molar-refractivity contribution is 5.76. The van der Waals surface area contributed by atoms with Crippen molar-refractivity contribution < 1.29 is 4.79 Å². The van der Waals surface area contributed by atoms with Crippen molar-refractivity contribution in [1.29, 1.82) is 0 Å². The highest BCUT2D eigenvalue weighted by Crippen LogP contribution is 2.13. The minimum absolute atomic E-state index is 0.214. The monoisotopic (exact) mass is 268 g/mol. The van der Waals surface area contributed by atoms with Gasteiger partial charge in [-0.1, -0.05) is 52.4 Å². The molecule has 19 heavy (non-hydrogen) atoms. The van der Waals surface area contributed by atoms with E-state index in [1.165, 1.54) is 51.4 Å². The molecule has 1 saturated heterocycles. The van der Waals surface area contributed by atoms with Crippen molar-refractivity contribution in [3.63, 3.8) is 0 Å². The minimum atomic E-state index is 0.214. The highest BCUT2D eigenvalue weighted by Gasteiger charge is 2.20. The molecule has 1 rings (SSSR count). The quantitative estimate of drug-likeness (QED) is 0.596. The van der Waals surface area contributed by atoms with E-state index >= 15 is 0 Å². The summed E-state index contributed by atoms with van der Waals surface area (Å²) in [4.78, 5) is 11.2. The molecule has 0 aromatic heterocycles. The number of carbonyl (C=O) groups is 1. The Balaban J connectivity index is 2.27. The maximum absolute atomic E-state index is 11.2. The topological polar surface area (TPSA) is 41.1 Å². The Morgan fingerprint density at radius 2 is 1.79 bits per heavy atom. The highest BCUT2D eigenvalue weighted by atomic mass is 16.1. The molecule has 2 N–H and O–H groups in total. The van der Waals surface area contributed by atoms with Gasteiger partial charge in [-0.05, 0) is 19.3 Å². The summed E-state index contributed by atoms with van der Waals surface area (Å²) in [5, 5.41) is 6.75. The van der Waals surface area contributed by atoms with Crippen LogP contribution in [0.3, 0.4) is 0 Å². The Kier molecular flexibility index (Phi) is 8.89. The van der Waals surface area contributed by atoms with Crippen LogP contribution in [0.15, 0.2) is 0 Å². The molecule has 0 aromatic carbocycles. The third-order valence-electron chi connectivity index (χ3n) is 4.05. The molecule has 0 bridgehead atoms. The molecule has 1 aliphatic rings. The minimum Gasteiger partial charge on any atom is -0.355 e. The van der Waals surface area contributed by atoms with Gasteiger partial charge in [0.25, 0.3) is 0 Å². The van der Waals surface area contributed by atoms with Crippen LogP contribution in [0.5, 0.6) is 0 Å². The van der Waals surface area contributed by atoms with Crippen LogP contribution in [0.1, 0.15) is 78.1 Å². The lowest BCUT2D eigenvalue weighted by atomic mass is 9.99. The molecule has 1 heterocycles. The molecule has 0 spiro atoms. The molecular formula is C16H32N2O. The van der Waals surface area contributed by atoms with Gasteiger partial charge >= 0.3 is 0 Å². The summed E-state index contributed by atoms with van der Waals surface area (Å²) in [5.74, 6) is 0.214. The van der Waals surface area contributed by atoms with Gasteiger partial charge in [0.15, 0.2) is 0 Å². The summed E-state index contributed by atoms with van der Waals surface area (Å²) in [6.45, 7) is 5.34. The number of amides is 1. The predicted octanol–water partition coefficient (Wildman–Crippen LogP) is 3.38. The van der Waals surface area contributed by atoms with Crippen LogP contribution in [0.25, 0.3) is 0 Å². The van der Waals surface area contributed by atoms with Crippen molar-refractivity contribution in [3.05, 3.63) is 0 Å². The fraction of sp³-hybridized carbons (Fsp3) is 0.938. The van der Waals surface area contributed by atoms with Crippen LogP contribution >= 0.6 is 0 Å². The van der Waals surface area contributed by atoms with Gasteiger partial charge in [0, 0.05) is 25.0 Å². The van der Waals surface area contributed by atoms with Crippen molar-refractivity contribution >= 4 is 5.91 Å². The number of rotatable bonds is 10. The zero-order chi connectivity index (χ0) is 13.9.